The van der Waals surface area contributed by atoms with Gasteiger partial charge in [0.05, 0.1) is 5.02 Å². The second-order valence-electron chi connectivity index (χ2n) is 8.64. The number of hydrogen-bond donors (Lipinski definition) is 1. The lowest BCUT2D eigenvalue weighted by Gasteiger charge is -2.33. The van der Waals surface area contributed by atoms with E-state index in [1.165, 1.54) is 17.7 Å². The van der Waals surface area contributed by atoms with E-state index >= 15 is 0 Å². The number of halogens is 2. The van der Waals surface area contributed by atoms with Gasteiger partial charge in [0.15, 0.2) is 0 Å². The Hall–Kier alpha value is -1.58. The Balaban J connectivity index is 1.88. The highest BCUT2D eigenvalue weighted by atomic mass is 35.5. The maximum absolute atomic E-state index is 13.1. The van der Waals surface area contributed by atoms with Crippen LogP contribution in [0, 0.1) is 11.2 Å². The Morgan fingerprint density at radius 3 is 2.23 bits per heavy atom. The van der Waals surface area contributed by atoms with E-state index in [4.69, 9.17) is 16.3 Å². The average Bonchev–Trinajstić information content (AvgIpc) is 2.51. The smallest absolute Gasteiger partial charge is 0.124 e. The van der Waals surface area contributed by atoms with Gasteiger partial charge in [0.2, 0.25) is 0 Å². The molecule has 1 N–H and O–H groups in total. The van der Waals surface area contributed by atoms with Gasteiger partial charge in [0, 0.05) is 17.6 Å². The molecule has 0 fully saturated rings. The molecule has 0 bridgehead atoms. The topological polar surface area (TPSA) is 21.3 Å². The van der Waals surface area contributed by atoms with Gasteiger partial charge in [0.1, 0.15) is 18.2 Å². The van der Waals surface area contributed by atoms with Gasteiger partial charge in [-0.1, -0.05) is 50.6 Å². The van der Waals surface area contributed by atoms with Crippen LogP contribution in [-0.4, -0.2) is 5.54 Å². The zero-order valence-electron chi connectivity index (χ0n) is 16.3. The van der Waals surface area contributed by atoms with E-state index in [1.54, 1.807) is 6.07 Å². The third-order valence-electron chi connectivity index (χ3n) is 4.08. The summed E-state index contributed by atoms with van der Waals surface area (Å²) in [6.45, 7) is 12.4. The molecule has 0 spiro atoms. The molecule has 2 aromatic carbocycles. The lowest BCUT2D eigenvalue weighted by Crippen LogP contribution is -2.41. The maximum Gasteiger partial charge on any atom is 0.124 e. The second-order valence-corrected chi connectivity index (χ2v) is 9.05. The van der Waals surface area contributed by atoms with Crippen LogP contribution in [0.1, 0.15) is 52.2 Å². The molecule has 0 aromatic heterocycles. The first-order chi connectivity index (χ1) is 12.0. The number of benzene rings is 2. The average molecular weight is 378 g/mol. The molecule has 0 unspecified atom stereocenters. The summed E-state index contributed by atoms with van der Waals surface area (Å²) >= 11 is 6.02. The predicted octanol–water partition coefficient (Wildman–Crippen LogP) is 6.36. The Bertz CT molecular complexity index is 720. The largest absolute Gasteiger partial charge is 0.489 e. The summed E-state index contributed by atoms with van der Waals surface area (Å²) in [6, 6.07) is 12.3. The van der Waals surface area contributed by atoms with Crippen molar-refractivity contribution in [2.24, 2.45) is 5.41 Å². The van der Waals surface area contributed by atoms with Crippen LogP contribution in [0.2, 0.25) is 5.02 Å². The van der Waals surface area contributed by atoms with E-state index in [9.17, 15) is 4.39 Å². The maximum atomic E-state index is 13.1. The summed E-state index contributed by atoms with van der Waals surface area (Å²) in [7, 11) is 0. The molecule has 0 amide bonds. The highest BCUT2D eigenvalue weighted by Gasteiger charge is 2.24. The van der Waals surface area contributed by atoms with Crippen molar-refractivity contribution in [3.63, 3.8) is 0 Å². The van der Waals surface area contributed by atoms with Crippen LogP contribution in [0.4, 0.5) is 4.39 Å². The van der Waals surface area contributed by atoms with Crippen molar-refractivity contribution < 1.29 is 9.13 Å². The molecular formula is C22H29ClFNO. The minimum absolute atomic E-state index is 0.0761. The van der Waals surface area contributed by atoms with Gasteiger partial charge in [-0.05, 0) is 55.5 Å². The zero-order valence-corrected chi connectivity index (χ0v) is 17.1. The van der Waals surface area contributed by atoms with Crippen LogP contribution in [0.25, 0.3) is 0 Å². The third-order valence-corrected chi connectivity index (χ3v) is 4.43. The van der Waals surface area contributed by atoms with Gasteiger partial charge in [-0.3, -0.25) is 0 Å². The summed E-state index contributed by atoms with van der Waals surface area (Å²) in [5, 5.41) is 4.01. The first-order valence-electron chi connectivity index (χ1n) is 8.95. The van der Waals surface area contributed by atoms with Crippen LogP contribution in [-0.2, 0) is 13.2 Å². The Labute approximate surface area is 161 Å². The minimum Gasteiger partial charge on any atom is -0.489 e. The molecular weight excluding hydrogens is 349 g/mol. The molecule has 0 radical (unpaired) electrons. The van der Waals surface area contributed by atoms with Gasteiger partial charge in [-0.15, -0.1) is 0 Å². The molecule has 2 rings (SSSR count). The summed E-state index contributed by atoms with van der Waals surface area (Å²) in [5.74, 6) is 0.424. The molecule has 2 nitrogen and oxygen atoms in total. The number of hydrogen-bond acceptors (Lipinski definition) is 2. The first-order valence-corrected chi connectivity index (χ1v) is 9.33. The number of rotatable bonds is 7. The van der Waals surface area contributed by atoms with Crippen LogP contribution in [0.15, 0.2) is 42.5 Å². The standard InChI is InChI=1S/C22H29ClFNO/c1-21(2,3)15-22(4,5)25-13-16-6-10-19(11-7-16)26-14-17-8-9-18(24)12-20(17)23/h6-12,25H,13-15H2,1-5H3. The van der Waals surface area contributed by atoms with Gasteiger partial charge in [-0.25, -0.2) is 4.39 Å². The number of ether oxygens (including phenoxy) is 1. The van der Waals surface area contributed by atoms with E-state index in [0.717, 1.165) is 24.3 Å². The SMILES string of the molecule is CC(C)(C)CC(C)(C)NCc1ccc(OCc2ccc(F)cc2Cl)cc1. The number of nitrogens with one attached hydrogen (secondary N) is 1. The van der Waals surface area contributed by atoms with Crippen molar-refractivity contribution in [3.05, 3.63) is 64.4 Å². The summed E-state index contributed by atoms with van der Waals surface area (Å²) in [5.41, 5.74) is 2.34. The summed E-state index contributed by atoms with van der Waals surface area (Å²) in [6.07, 6.45) is 1.10. The van der Waals surface area contributed by atoms with Crippen molar-refractivity contribution in [1.29, 1.82) is 0 Å². The Kier molecular flexibility index (Phi) is 6.70. The third kappa shape index (κ3) is 6.97. The molecule has 142 valence electrons. The van der Waals surface area contributed by atoms with Crippen LogP contribution >= 0.6 is 11.6 Å². The fourth-order valence-corrected chi connectivity index (χ4v) is 3.45. The monoisotopic (exact) mass is 377 g/mol. The van der Waals surface area contributed by atoms with Crippen molar-refractivity contribution >= 4 is 11.6 Å². The first kappa shape index (κ1) is 20.7. The van der Waals surface area contributed by atoms with Gasteiger partial charge < -0.3 is 10.1 Å². The lowest BCUT2D eigenvalue weighted by molar-refractivity contribution is 0.240. The molecule has 0 saturated carbocycles. The van der Waals surface area contributed by atoms with Crippen LogP contribution in [0.3, 0.4) is 0 Å². The highest BCUT2D eigenvalue weighted by Crippen LogP contribution is 2.27. The second kappa shape index (κ2) is 8.41. The normalized spacial score (nSPS) is 12.3. The van der Waals surface area contributed by atoms with E-state index in [1.807, 2.05) is 12.1 Å². The molecule has 0 saturated heterocycles. The minimum atomic E-state index is -0.343. The van der Waals surface area contributed by atoms with E-state index in [-0.39, 0.29) is 16.8 Å². The van der Waals surface area contributed by atoms with Crippen LogP contribution in [0.5, 0.6) is 5.75 Å². The van der Waals surface area contributed by atoms with Crippen molar-refractivity contribution in [2.75, 3.05) is 0 Å². The summed E-state index contributed by atoms with van der Waals surface area (Å²) < 4.78 is 18.8. The predicted molar refractivity (Wildman–Crippen MR) is 107 cm³/mol. The van der Waals surface area contributed by atoms with Gasteiger partial charge in [0.25, 0.3) is 0 Å². The van der Waals surface area contributed by atoms with Crippen molar-refractivity contribution in [2.45, 2.75) is 59.7 Å². The van der Waals surface area contributed by atoms with Gasteiger partial charge >= 0.3 is 0 Å². The molecule has 0 atom stereocenters. The van der Waals surface area contributed by atoms with Gasteiger partial charge in [-0.2, -0.15) is 0 Å². The van der Waals surface area contributed by atoms with Crippen molar-refractivity contribution in [1.82, 2.24) is 5.32 Å². The molecule has 4 heteroatoms. The fraction of sp³-hybridized carbons (Fsp3) is 0.455. The molecule has 0 aliphatic carbocycles. The Morgan fingerprint density at radius 1 is 1.00 bits per heavy atom. The highest BCUT2D eigenvalue weighted by molar-refractivity contribution is 6.31. The molecule has 2 aromatic rings. The van der Waals surface area contributed by atoms with E-state index < -0.39 is 0 Å². The van der Waals surface area contributed by atoms with E-state index in [0.29, 0.717) is 11.6 Å². The fourth-order valence-electron chi connectivity index (χ4n) is 3.23. The molecule has 0 aliphatic rings. The van der Waals surface area contributed by atoms with Crippen LogP contribution < -0.4 is 10.1 Å². The summed E-state index contributed by atoms with van der Waals surface area (Å²) in [4.78, 5) is 0. The van der Waals surface area contributed by atoms with E-state index in [2.05, 4.69) is 52.1 Å². The lowest BCUT2D eigenvalue weighted by atomic mass is 9.82. The Morgan fingerprint density at radius 2 is 1.65 bits per heavy atom. The molecule has 26 heavy (non-hydrogen) atoms. The quantitative estimate of drug-likeness (QED) is 0.605. The molecule has 0 heterocycles. The molecule has 0 aliphatic heterocycles. The van der Waals surface area contributed by atoms with Crippen molar-refractivity contribution in [3.8, 4) is 5.75 Å². The zero-order chi connectivity index (χ0) is 19.4.